The summed E-state index contributed by atoms with van der Waals surface area (Å²) < 4.78 is 0. The number of hydrogen-bond acceptors (Lipinski definition) is 6. The number of hydrogen-bond donors (Lipinski definition) is 4. The molecule has 8 nitrogen and oxygen atoms in total. The van der Waals surface area contributed by atoms with E-state index < -0.39 is 23.4 Å². The van der Waals surface area contributed by atoms with Gasteiger partial charge >= 0.3 is 11.9 Å². The van der Waals surface area contributed by atoms with Gasteiger partial charge in [-0.2, -0.15) is 0 Å². The van der Waals surface area contributed by atoms with Crippen molar-refractivity contribution >= 4 is 61.1 Å². The zero-order valence-electron chi connectivity index (χ0n) is 11.9. The minimum absolute atomic E-state index is 0. The number of nitrogen functional groups attached to an aromatic ring is 2. The fourth-order valence-corrected chi connectivity index (χ4v) is 1.43. The summed E-state index contributed by atoms with van der Waals surface area (Å²) in [6.45, 7) is 0. The van der Waals surface area contributed by atoms with Crippen LogP contribution in [0.3, 0.4) is 0 Å². The number of aromatic carboxylic acids is 2. The SMILES string of the molecule is Nc1ccc(C(=O)O)c([O-])c1.Nc1ccc(C(=O)O)c([O-])c1.[Ca]. The van der Waals surface area contributed by atoms with E-state index in [0.717, 1.165) is 12.1 Å². The van der Waals surface area contributed by atoms with Gasteiger partial charge in [-0.25, -0.2) is 9.59 Å². The zero-order chi connectivity index (χ0) is 16.9. The molecule has 0 bridgehead atoms. The molecule has 0 fully saturated rings. The van der Waals surface area contributed by atoms with Crippen molar-refractivity contribution in [3.05, 3.63) is 47.5 Å². The molecule has 0 saturated carbocycles. The van der Waals surface area contributed by atoms with Gasteiger partial charge in [-0.05, 0) is 36.4 Å². The Kier molecular flexibility index (Phi) is 8.23. The summed E-state index contributed by atoms with van der Waals surface area (Å²) in [4.78, 5) is 20.6. The molecule has 118 valence electrons. The molecule has 0 aromatic heterocycles. The molecule has 0 unspecified atom stereocenters. The molecule has 2 aromatic carbocycles. The summed E-state index contributed by atoms with van der Waals surface area (Å²) in [5, 5.41) is 38.5. The van der Waals surface area contributed by atoms with Crippen LogP contribution in [0.4, 0.5) is 11.4 Å². The molecule has 2 aromatic rings. The van der Waals surface area contributed by atoms with E-state index in [9.17, 15) is 19.8 Å². The molecule has 23 heavy (non-hydrogen) atoms. The predicted octanol–water partition coefficient (Wildman–Crippen LogP) is -0.300. The van der Waals surface area contributed by atoms with E-state index in [-0.39, 0.29) is 60.2 Å². The molecule has 2 rings (SSSR count). The van der Waals surface area contributed by atoms with Crippen molar-refractivity contribution in [2.24, 2.45) is 0 Å². The number of rotatable bonds is 2. The van der Waals surface area contributed by atoms with Crippen molar-refractivity contribution in [3.63, 3.8) is 0 Å². The summed E-state index contributed by atoms with van der Waals surface area (Å²) >= 11 is 0. The summed E-state index contributed by atoms with van der Waals surface area (Å²) in [6, 6.07) is 7.32. The summed E-state index contributed by atoms with van der Waals surface area (Å²) in [5.74, 6) is -3.57. The smallest absolute Gasteiger partial charge is 0.335 e. The fourth-order valence-electron chi connectivity index (χ4n) is 1.43. The Labute approximate surface area is 161 Å². The molecule has 6 N–H and O–H groups in total. The Morgan fingerprint density at radius 3 is 1.30 bits per heavy atom. The van der Waals surface area contributed by atoms with E-state index in [1.807, 2.05) is 0 Å². The van der Waals surface area contributed by atoms with Crippen LogP contribution in [0.25, 0.3) is 0 Å². The number of carbonyl (C=O) groups is 2. The topological polar surface area (TPSA) is 173 Å². The quantitative estimate of drug-likeness (QED) is 0.424. The minimum atomic E-state index is -1.23. The molecular formula is C14H12CaN2O6-2. The second-order valence-electron chi connectivity index (χ2n) is 4.12. The van der Waals surface area contributed by atoms with E-state index in [0.29, 0.717) is 0 Å². The van der Waals surface area contributed by atoms with E-state index in [2.05, 4.69) is 0 Å². The maximum absolute atomic E-state index is 10.8. The fraction of sp³-hybridized carbons (Fsp3) is 0. The second-order valence-corrected chi connectivity index (χ2v) is 4.12. The van der Waals surface area contributed by atoms with Gasteiger partial charge in [0.05, 0.1) is 11.1 Å². The summed E-state index contributed by atoms with van der Waals surface area (Å²) in [6.07, 6.45) is 0. The van der Waals surface area contributed by atoms with Gasteiger partial charge in [-0.3, -0.25) is 0 Å². The van der Waals surface area contributed by atoms with Crippen LogP contribution in [0.15, 0.2) is 36.4 Å². The summed E-state index contributed by atoms with van der Waals surface area (Å²) in [7, 11) is 0. The molecule has 0 aliphatic carbocycles. The molecular weight excluding hydrogens is 332 g/mol. The molecule has 2 radical (unpaired) electrons. The molecule has 0 spiro atoms. The van der Waals surface area contributed by atoms with Crippen molar-refractivity contribution in [2.75, 3.05) is 11.5 Å². The van der Waals surface area contributed by atoms with Crippen LogP contribution in [0, 0.1) is 0 Å². The Hall–Kier alpha value is -2.16. The van der Waals surface area contributed by atoms with Crippen molar-refractivity contribution in [2.45, 2.75) is 0 Å². The second kappa shape index (κ2) is 9.09. The average molecular weight is 344 g/mol. The van der Waals surface area contributed by atoms with Crippen LogP contribution in [0.1, 0.15) is 20.7 Å². The maximum atomic E-state index is 10.8. The Balaban J connectivity index is 0.000000403. The van der Waals surface area contributed by atoms with E-state index >= 15 is 0 Å². The first kappa shape index (κ1) is 20.8. The predicted molar refractivity (Wildman–Crippen MR) is 80.3 cm³/mol. The molecule has 0 saturated heterocycles. The number of anilines is 2. The Morgan fingerprint density at radius 1 is 0.783 bits per heavy atom. The van der Waals surface area contributed by atoms with Gasteiger partial charge < -0.3 is 31.9 Å². The average Bonchev–Trinajstić information content (AvgIpc) is 2.38. The largest absolute Gasteiger partial charge is 0.872 e. The van der Waals surface area contributed by atoms with Gasteiger partial charge in [-0.15, -0.1) is 0 Å². The summed E-state index contributed by atoms with van der Waals surface area (Å²) in [5.41, 5.74) is 10.5. The minimum Gasteiger partial charge on any atom is -0.872 e. The molecule has 0 atom stereocenters. The first-order chi connectivity index (χ1) is 10.2. The molecule has 0 aliphatic rings. The van der Waals surface area contributed by atoms with Gasteiger partial charge in [-0.1, -0.05) is 11.5 Å². The molecule has 0 heterocycles. The van der Waals surface area contributed by atoms with Gasteiger partial charge in [0.15, 0.2) is 0 Å². The van der Waals surface area contributed by atoms with Crippen molar-refractivity contribution < 1.29 is 30.0 Å². The van der Waals surface area contributed by atoms with Crippen molar-refractivity contribution in [3.8, 4) is 11.5 Å². The van der Waals surface area contributed by atoms with E-state index in [1.54, 1.807) is 0 Å². The standard InChI is InChI=1S/2C7H7NO3.Ca/c2*8-4-1-2-5(7(10)11)6(9)3-4;/h2*1-3,9H,8H2,(H,10,11);/p-2. The zero-order valence-corrected chi connectivity index (χ0v) is 14.1. The maximum Gasteiger partial charge on any atom is 0.335 e. The van der Waals surface area contributed by atoms with Crippen LogP contribution >= 0.6 is 0 Å². The van der Waals surface area contributed by atoms with E-state index in [1.165, 1.54) is 24.3 Å². The van der Waals surface area contributed by atoms with Gasteiger partial charge in [0.2, 0.25) is 0 Å². The van der Waals surface area contributed by atoms with Crippen molar-refractivity contribution in [1.29, 1.82) is 0 Å². The third-order valence-electron chi connectivity index (χ3n) is 2.47. The van der Waals surface area contributed by atoms with Gasteiger partial charge in [0.1, 0.15) is 0 Å². The molecule has 0 amide bonds. The van der Waals surface area contributed by atoms with Crippen molar-refractivity contribution in [1.82, 2.24) is 0 Å². The van der Waals surface area contributed by atoms with Crippen LogP contribution in [-0.4, -0.2) is 59.9 Å². The van der Waals surface area contributed by atoms with Crippen LogP contribution in [-0.2, 0) is 0 Å². The van der Waals surface area contributed by atoms with Crippen LogP contribution in [0.5, 0.6) is 11.5 Å². The van der Waals surface area contributed by atoms with Crippen LogP contribution < -0.4 is 21.7 Å². The van der Waals surface area contributed by atoms with Crippen LogP contribution in [0.2, 0.25) is 0 Å². The van der Waals surface area contributed by atoms with Gasteiger partial charge in [0, 0.05) is 49.1 Å². The third-order valence-corrected chi connectivity index (χ3v) is 2.47. The molecule has 0 aliphatic heterocycles. The number of carboxylic acids is 2. The number of benzene rings is 2. The first-order valence-electron chi connectivity index (χ1n) is 5.82. The number of carboxylic acid groups (broad SMARTS) is 2. The normalized spacial score (nSPS) is 9.04. The monoisotopic (exact) mass is 344 g/mol. The number of nitrogens with two attached hydrogens (primary N) is 2. The van der Waals surface area contributed by atoms with Gasteiger partial charge in [0.25, 0.3) is 0 Å². The Bertz CT molecular complexity index is 659. The third kappa shape index (κ3) is 6.23. The van der Waals surface area contributed by atoms with E-state index in [4.69, 9.17) is 21.7 Å². The Morgan fingerprint density at radius 2 is 1.09 bits per heavy atom. The molecule has 9 heteroatoms. The first-order valence-corrected chi connectivity index (χ1v) is 5.82.